The average Bonchev–Trinajstić information content (AvgIpc) is 2.57. The Bertz CT molecular complexity index is 778. The van der Waals surface area contributed by atoms with Crippen LogP contribution in [0.2, 0.25) is 0 Å². The molecule has 2 amide bonds. The predicted octanol–water partition coefficient (Wildman–Crippen LogP) is 3.34. The quantitative estimate of drug-likeness (QED) is 0.743. The van der Waals surface area contributed by atoms with Crippen molar-refractivity contribution < 1.29 is 18.8 Å². The lowest BCUT2D eigenvalue weighted by Gasteiger charge is -2.07. The molecule has 2 aromatic carbocycles. The lowest BCUT2D eigenvalue weighted by molar-refractivity contribution is -0.114. The predicted molar refractivity (Wildman–Crippen MR) is 97.4 cm³/mol. The van der Waals surface area contributed by atoms with Gasteiger partial charge in [-0.2, -0.15) is 0 Å². The highest BCUT2D eigenvalue weighted by molar-refractivity contribution is 8.00. The zero-order chi connectivity index (χ0) is 18.2. The van der Waals surface area contributed by atoms with Gasteiger partial charge in [-0.3, -0.25) is 14.4 Å². The average molecular weight is 360 g/mol. The molecular formula is C18H17FN2O3S. The number of ketones is 1. The van der Waals surface area contributed by atoms with E-state index < -0.39 is 0 Å². The molecule has 2 rings (SSSR count). The fraction of sp³-hybridized carbons (Fsp3) is 0.167. The van der Waals surface area contributed by atoms with E-state index in [9.17, 15) is 18.8 Å². The van der Waals surface area contributed by atoms with Crippen molar-refractivity contribution in [1.29, 1.82) is 0 Å². The number of benzene rings is 2. The Morgan fingerprint density at radius 3 is 2.12 bits per heavy atom. The molecule has 0 aliphatic heterocycles. The normalized spacial score (nSPS) is 10.2. The summed E-state index contributed by atoms with van der Waals surface area (Å²) in [4.78, 5) is 35.0. The highest BCUT2D eigenvalue weighted by atomic mass is 32.2. The van der Waals surface area contributed by atoms with Gasteiger partial charge in [0.05, 0.1) is 11.5 Å². The number of rotatable bonds is 7. The Balaban J connectivity index is 1.74. The summed E-state index contributed by atoms with van der Waals surface area (Å²) in [5, 5.41) is 5.30. The third-order valence-corrected chi connectivity index (χ3v) is 4.08. The minimum Gasteiger partial charge on any atom is -0.325 e. The van der Waals surface area contributed by atoms with E-state index in [-0.39, 0.29) is 34.9 Å². The third-order valence-electron chi connectivity index (χ3n) is 3.15. The SMILES string of the molecule is CC(=O)c1cccc(NC(=O)CSCC(=O)Nc2ccc(F)cc2)c1. The van der Waals surface area contributed by atoms with Crippen LogP contribution in [0.4, 0.5) is 15.8 Å². The number of amides is 2. The van der Waals surface area contributed by atoms with Gasteiger partial charge >= 0.3 is 0 Å². The molecule has 0 radical (unpaired) electrons. The number of halogens is 1. The molecule has 2 aromatic rings. The van der Waals surface area contributed by atoms with Crippen LogP contribution in [0.3, 0.4) is 0 Å². The fourth-order valence-corrected chi connectivity index (χ4v) is 2.60. The van der Waals surface area contributed by atoms with Gasteiger partial charge in [-0.25, -0.2) is 4.39 Å². The summed E-state index contributed by atoms with van der Waals surface area (Å²) in [5.41, 5.74) is 1.55. The molecule has 0 heterocycles. The maximum absolute atomic E-state index is 12.8. The van der Waals surface area contributed by atoms with Gasteiger partial charge in [-0.1, -0.05) is 12.1 Å². The van der Waals surface area contributed by atoms with E-state index in [2.05, 4.69) is 10.6 Å². The van der Waals surface area contributed by atoms with Crippen LogP contribution < -0.4 is 10.6 Å². The van der Waals surface area contributed by atoms with Crippen LogP contribution in [0, 0.1) is 5.82 Å². The van der Waals surface area contributed by atoms with E-state index in [1.165, 1.54) is 31.2 Å². The molecule has 0 fully saturated rings. The number of carbonyl (C=O) groups excluding carboxylic acids is 3. The molecule has 0 spiro atoms. The van der Waals surface area contributed by atoms with Gasteiger partial charge in [0.2, 0.25) is 11.8 Å². The van der Waals surface area contributed by atoms with Gasteiger partial charge < -0.3 is 10.6 Å². The maximum Gasteiger partial charge on any atom is 0.234 e. The van der Waals surface area contributed by atoms with Crippen LogP contribution in [0.25, 0.3) is 0 Å². The van der Waals surface area contributed by atoms with Gasteiger partial charge in [-0.05, 0) is 43.3 Å². The summed E-state index contributed by atoms with van der Waals surface area (Å²) in [6.45, 7) is 1.45. The van der Waals surface area contributed by atoms with E-state index in [4.69, 9.17) is 0 Å². The van der Waals surface area contributed by atoms with Crippen molar-refractivity contribution in [2.24, 2.45) is 0 Å². The first-order valence-electron chi connectivity index (χ1n) is 7.48. The Morgan fingerprint density at radius 1 is 0.920 bits per heavy atom. The molecule has 0 aromatic heterocycles. The van der Waals surface area contributed by atoms with Crippen LogP contribution in [0.5, 0.6) is 0 Å². The van der Waals surface area contributed by atoms with Crippen LogP contribution in [-0.2, 0) is 9.59 Å². The second-order valence-corrected chi connectivity index (χ2v) is 6.22. The minimum absolute atomic E-state index is 0.0806. The Labute approximate surface area is 149 Å². The van der Waals surface area contributed by atoms with Crippen LogP contribution in [0.15, 0.2) is 48.5 Å². The van der Waals surface area contributed by atoms with Gasteiger partial charge in [0, 0.05) is 16.9 Å². The lowest BCUT2D eigenvalue weighted by Crippen LogP contribution is -2.18. The second-order valence-electron chi connectivity index (χ2n) is 5.23. The van der Waals surface area contributed by atoms with Crippen LogP contribution in [0.1, 0.15) is 17.3 Å². The fourth-order valence-electron chi connectivity index (χ4n) is 1.98. The first-order valence-corrected chi connectivity index (χ1v) is 8.63. The molecule has 7 heteroatoms. The Morgan fingerprint density at radius 2 is 1.52 bits per heavy atom. The number of anilines is 2. The summed E-state index contributed by atoms with van der Waals surface area (Å²) in [6.07, 6.45) is 0. The molecular weight excluding hydrogens is 343 g/mol. The number of hydrogen-bond donors (Lipinski definition) is 2. The molecule has 0 saturated heterocycles. The maximum atomic E-state index is 12.8. The molecule has 5 nitrogen and oxygen atoms in total. The van der Waals surface area contributed by atoms with Crippen LogP contribution in [-0.4, -0.2) is 29.1 Å². The summed E-state index contributed by atoms with van der Waals surface area (Å²) in [7, 11) is 0. The molecule has 25 heavy (non-hydrogen) atoms. The van der Waals surface area contributed by atoms with Gasteiger partial charge in [-0.15, -0.1) is 11.8 Å². The van der Waals surface area contributed by atoms with Gasteiger partial charge in [0.15, 0.2) is 5.78 Å². The summed E-state index contributed by atoms with van der Waals surface area (Å²) in [5.74, 6) is -0.802. The Kier molecular flexibility index (Phi) is 6.71. The first kappa shape index (κ1) is 18.7. The van der Waals surface area contributed by atoms with E-state index in [1.54, 1.807) is 24.3 Å². The zero-order valence-electron chi connectivity index (χ0n) is 13.5. The lowest BCUT2D eigenvalue weighted by atomic mass is 10.1. The number of carbonyl (C=O) groups is 3. The molecule has 2 N–H and O–H groups in total. The smallest absolute Gasteiger partial charge is 0.234 e. The molecule has 0 bridgehead atoms. The topological polar surface area (TPSA) is 75.3 Å². The van der Waals surface area contributed by atoms with Crippen molar-refractivity contribution in [1.82, 2.24) is 0 Å². The second kappa shape index (κ2) is 8.98. The molecule has 0 aliphatic rings. The van der Waals surface area contributed by atoms with Gasteiger partial charge in [0.1, 0.15) is 5.82 Å². The van der Waals surface area contributed by atoms with Crippen molar-refractivity contribution in [3.05, 3.63) is 59.9 Å². The van der Waals surface area contributed by atoms with Gasteiger partial charge in [0.25, 0.3) is 0 Å². The highest BCUT2D eigenvalue weighted by Crippen LogP contribution is 2.13. The van der Waals surface area contributed by atoms with E-state index in [0.717, 1.165) is 11.8 Å². The van der Waals surface area contributed by atoms with Crippen molar-refractivity contribution >= 4 is 40.7 Å². The Hall–Kier alpha value is -2.67. The number of hydrogen-bond acceptors (Lipinski definition) is 4. The van der Waals surface area contributed by atoms with Crippen molar-refractivity contribution in [2.75, 3.05) is 22.1 Å². The van der Waals surface area contributed by atoms with Crippen LogP contribution >= 0.6 is 11.8 Å². The molecule has 0 aliphatic carbocycles. The molecule has 0 saturated carbocycles. The molecule has 0 atom stereocenters. The first-order chi connectivity index (χ1) is 11.9. The summed E-state index contributed by atoms with van der Waals surface area (Å²) < 4.78 is 12.8. The standard InChI is InChI=1S/C18H17FN2O3S/c1-12(22)13-3-2-4-16(9-13)21-18(24)11-25-10-17(23)20-15-7-5-14(19)6-8-15/h2-9H,10-11H2,1H3,(H,20,23)(H,21,24). The zero-order valence-corrected chi connectivity index (χ0v) is 14.4. The van der Waals surface area contributed by atoms with Crippen molar-refractivity contribution in [2.45, 2.75) is 6.92 Å². The third kappa shape index (κ3) is 6.39. The number of thioether (sulfide) groups is 1. The number of Topliss-reactive ketones (excluding diaryl/α,β-unsaturated/α-hetero) is 1. The van der Waals surface area contributed by atoms with E-state index in [1.807, 2.05) is 0 Å². The highest BCUT2D eigenvalue weighted by Gasteiger charge is 2.08. The number of nitrogens with one attached hydrogen (secondary N) is 2. The van der Waals surface area contributed by atoms with Crippen molar-refractivity contribution in [3.63, 3.8) is 0 Å². The van der Waals surface area contributed by atoms with E-state index in [0.29, 0.717) is 16.9 Å². The monoisotopic (exact) mass is 360 g/mol. The summed E-state index contributed by atoms with van der Waals surface area (Å²) in [6, 6.07) is 12.1. The summed E-state index contributed by atoms with van der Waals surface area (Å²) >= 11 is 1.16. The minimum atomic E-state index is -0.377. The van der Waals surface area contributed by atoms with E-state index >= 15 is 0 Å². The molecule has 0 unspecified atom stereocenters. The molecule has 130 valence electrons. The van der Waals surface area contributed by atoms with Crippen molar-refractivity contribution in [3.8, 4) is 0 Å². The largest absolute Gasteiger partial charge is 0.325 e.